The predicted molar refractivity (Wildman–Crippen MR) is 65.0 cm³/mol. The molecule has 0 unspecified atom stereocenters. The molecule has 1 aliphatic rings. The molecule has 0 amide bonds. The number of aryl methyl sites for hydroxylation is 1. The number of aromatic nitrogens is 2. The molecule has 0 spiro atoms. The first-order valence-corrected chi connectivity index (χ1v) is 6.16. The summed E-state index contributed by atoms with van der Waals surface area (Å²) in [6.07, 6.45) is 2.96. The second-order valence-electron chi connectivity index (χ2n) is 5.46. The maximum atomic E-state index is 11.9. The van der Waals surface area contributed by atoms with Crippen molar-refractivity contribution in [2.75, 3.05) is 6.61 Å². The second kappa shape index (κ2) is 4.17. The van der Waals surface area contributed by atoms with Crippen LogP contribution in [0.4, 0.5) is 0 Å². The molecule has 0 saturated heterocycles. The van der Waals surface area contributed by atoms with E-state index >= 15 is 0 Å². The van der Waals surface area contributed by atoms with Gasteiger partial charge in [-0.3, -0.25) is 4.68 Å². The number of hydrogen-bond acceptors (Lipinski definition) is 3. The molecule has 17 heavy (non-hydrogen) atoms. The third kappa shape index (κ3) is 2.21. The van der Waals surface area contributed by atoms with Crippen molar-refractivity contribution in [3.63, 3.8) is 0 Å². The minimum atomic E-state index is -0.247. The highest BCUT2D eigenvalue weighted by atomic mass is 16.5. The number of fused-ring (bicyclic) bond motifs is 1. The molecule has 1 aromatic heterocycles. The number of carbonyl (C=O) groups excluding carboxylic acids is 1. The van der Waals surface area contributed by atoms with Crippen LogP contribution < -0.4 is 0 Å². The third-order valence-electron chi connectivity index (χ3n) is 3.40. The molecule has 4 heteroatoms. The summed E-state index contributed by atoms with van der Waals surface area (Å²) in [6.45, 7) is 6.72. The highest BCUT2D eigenvalue weighted by Crippen LogP contribution is 2.35. The standard InChI is InChI=1S/C13H20N2O2/c1-5-17-12(16)11-9-6-7-13(2,3)8-10(9)14-15(11)4/h5-8H2,1-4H3. The van der Waals surface area contributed by atoms with Crippen LogP contribution >= 0.6 is 0 Å². The minimum absolute atomic E-state index is 0.247. The van der Waals surface area contributed by atoms with Gasteiger partial charge in [0.1, 0.15) is 5.69 Å². The smallest absolute Gasteiger partial charge is 0.356 e. The summed E-state index contributed by atoms with van der Waals surface area (Å²) in [6, 6.07) is 0. The number of hydrogen-bond donors (Lipinski definition) is 0. The van der Waals surface area contributed by atoms with Crippen LogP contribution in [0.1, 0.15) is 48.9 Å². The Hall–Kier alpha value is -1.32. The van der Waals surface area contributed by atoms with Crippen LogP contribution in [0.15, 0.2) is 0 Å². The lowest BCUT2D eigenvalue weighted by atomic mass is 9.76. The lowest BCUT2D eigenvalue weighted by Gasteiger charge is -2.28. The molecule has 0 atom stereocenters. The zero-order valence-electron chi connectivity index (χ0n) is 11.0. The largest absolute Gasteiger partial charge is 0.461 e. The van der Waals surface area contributed by atoms with Gasteiger partial charge in [-0.25, -0.2) is 4.79 Å². The average molecular weight is 236 g/mol. The Labute approximate surface area is 102 Å². The first-order chi connectivity index (χ1) is 7.94. The van der Waals surface area contributed by atoms with Crippen LogP contribution in [0.3, 0.4) is 0 Å². The van der Waals surface area contributed by atoms with Gasteiger partial charge in [-0.2, -0.15) is 5.10 Å². The molecule has 94 valence electrons. The molecule has 0 aliphatic heterocycles. The van der Waals surface area contributed by atoms with Gasteiger partial charge in [0.15, 0.2) is 0 Å². The molecule has 0 bridgehead atoms. The van der Waals surface area contributed by atoms with E-state index in [4.69, 9.17) is 4.74 Å². The summed E-state index contributed by atoms with van der Waals surface area (Å²) < 4.78 is 6.76. The Morgan fingerprint density at radius 2 is 2.24 bits per heavy atom. The second-order valence-corrected chi connectivity index (χ2v) is 5.46. The summed E-state index contributed by atoms with van der Waals surface area (Å²) >= 11 is 0. The first-order valence-electron chi connectivity index (χ1n) is 6.16. The summed E-state index contributed by atoms with van der Waals surface area (Å²) in [4.78, 5) is 11.9. The van der Waals surface area contributed by atoms with E-state index < -0.39 is 0 Å². The lowest BCUT2D eigenvalue weighted by Crippen LogP contribution is -2.23. The van der Waals surface area contributed by atoms with Crippen molar-refractivity contribution < 1.29 is 9.53 Å². The summed E-state index contributed by atoms with van der Waals surface area (Å²) in [7, 11) is 1.82. The fourth-order valence-electron chi connectivity index (χ4n) is 2.49. The Bertz CT molecular complexity index is 447. The maximum absolute atomic E-state index is 11.9. The lowest BCUT2D eigenvalue weighted by molar-refractivity contribution is 0.0512. The summed E-state index contributed by atoms with van der Waals surface area (Å²) in [5, 5.41) is 4.47. The fourth-order valence-corrected chi connectivity index (χ4v) is 2.49. The number of nitrogens with zero attached hydrogens (tertiary/aromatic N) is 2. The van der Waals surface area contributed by atoms with Crippen LogP contribution in [-0.2, 0) is 24.6 Å². The van der Waals surface area contributed by atoms with Crippen LogP contribution in [0.25, 0.3) is 0 Å². The van der Waals surface area contributed by atoms with Crippen molar-refractivity contribution in [1.29, 1.82) is 0 Å². The Morgan fingerprint density at radius 3 is 2.88 bits per heavy atom. The topological polar surface area (TPSA) is 44.1 Å². The van der Waals surface area contributed by atoms with Crippen molar-refractivity contribution in [3.05, 3.63) is 17.0 Å². The van der Waals surface area contributed by atoms with Gasteiger partial charge in [0.2, 0.25) is 0 Å². The van der Waals surface area contributed by atoms with Crippen LogP contribution in [0.2, 0.25) is 0 Å². The van der Waals surface area contributed by atoms with E-state index in [9.17, 15) is 4.79 Å². The molecular formula is C13H20N2O2. The number of carbonyl (C=O) groups is 1. The fraction of sp³-hybridized carbons (Fsp3) is 0.692. The molecule has 4 nitrogen and oxygen atoms in total. The highest BCUT2D eigenvalue weighted by molar-refractivity contribution is 5.89. The van der Waals surface area contributed by atoms with E-state index in [0.717, 1.165) is 30.5 Å². The molecule has 0 fully saturated rings. The first kappa shape index (κ1) is 12.1. The molecule has 0 radical (unpaired) electrons. The molecule has 1 heterocycles. The summed E-state index contributed by atoms with van der Waals surface area (Å²) in [5.74, 6) is -0.247. The van der Waals surface area contributed by atoms with Crippen LogP contribution in [0.5, 0.6) is 0 Å². The zero-order chi connectivity index (χ0) is 12.6. The Balaban J connectivity index is 2.37. The zero-order valence-corrected chi connectivity index (χ0v) is 11.0. The molecule has 2 rings (SSSR count). The summed E-state index contributed by atoms with van der Waals surface area (Å²) in [5.41, 5.74) is 3.07. The van der Waals surface area contributed by atoms with Gasteiger partial charge in [0, 0.05) is 12.6 Å². The number of rotatable bonds is 2. The van der Waals surface area contributed by atoms with Crippen molar-refractivity contribution >= 4 is 5.97 Å². The number of ether oxygens (including phenoxy) is 1. The van der Waals surface area contributed by atoms with Gasteiger partial charge >= 0.3 is 5.97 Å². The quantitative estimate of drug-likeness (QED) is 0.739. The monoisotopic (exact) mass is 236 g/mol. The van der Waals surface area contributed by atoms with Gasteiger partial charge in [0.25, 0.3) is 0 Å². The van der Waals surface area contributed by atoms with Crippen molar-refractivity contribution in [2.24, 2.45) is 12.5 Å². The van der Waals surface area contributed by atoms with E-state index in [1.54, 1.807) is 4.68 Å². The van der Waals surface area contributed by atoms with Crippen LogP contribution in [-0.4, -0.2) is 22.4 Å². The van der Waals surface area contributed by atoms with E-state index in [0.29, 0.717) is 12.3 Å². The highest BCUT2D eigenvalue weighted by Gasteiger charge is 2.32. The van der Waals surface area contributed by atoms with Gasteiger partial charge in [-0.05, 0) is 31.6 Å². The van der Waals surface area contributed by atoms with Gasteiger partial charge in [-0.1, -0.05) is 13.8 Å². The molecule has 0 saturated carbocycles. The van der Waals surface area contributed by atoms with Crippen LogP contribution in [0, 0.1) is 5.41 Å². The van der Waals surface area contributed by atoms with Crippen molar-refractivity contribution in [2.45, 2.75) is 40.0 Å². The maximum Gasteiger partial charge on any atom is 0.356 e. The molecule has 0 N–H and O–H groups in total. The SMILES string of the molecule is CCOC(=O)c1c2c(nn1C)CC(C)(C)CC2. The molecule has 1 aromatic rings. The Kier molecular flexibility index (Phi) is 2.98. The molecule has 0 aromatic carbocycles. The third-order valence-corrected chi connectivity index (χ3v) is 3.40. The van der Waals surface area contributed by atoms with E-state index in [2.05, 4.69) is 18.9 Å². The normalized spacial score (nSPS) is 17.6. The number of esters is 1. The molecule has 1 aliphatic carbocycles. The minimum Gasteiger partial charge on any atom is -0.461 e. The van der Waals surface area contributed by atoms with Crippen molar-refractivity contribution in [3.8, 4) is 0 Å². The van der Waals surface area contributed by atoms with Gasteiger partial charge in [0.05, 0.1) is 12.3 Å². The van der Waals surface area contributed by atoms with E-state index in [1.807, 2.05) is 14.0 Å². The van der Waals surface area contributed by atoms with E-state index in [-0.39, 0.29) is 11.4 Å². The predicted octanol–water partition coefficient (Wildman–Crippen LogP) is 2.11. The van der Waals surface area contributed by atoms with E-state index in [1.165, 1.54) is 0 Å². The Morgan fingerprint density at radius 1 is 1.53 bits per heavy atom. The van der Waals surface area contributed by atoms with Gasteiger partial charge in [-0.15, -0.1) is 0 Å². The van der Waals surface area contributed by atoms with Crippen molar-refractivity contribution in [1.82, 2.24) is 9.78 Å². The van der Waals surface area contributed by atoms with Gasteiger partial charge < -0.3 is 4.74 Å². The average Bonchev–Trinajstić information content (AvgIpc) is 2.51. The molecular weight excluding hydrogens is 216 g/mol.